The molecule has 4 nitrogen and oxygen atoms in total. The number of nitrogens with one attached hydrogen (secondary N) is 1. The fourth-order valence-electron chi connectivity index (χ4n) is 0.990. The van der Waals surface area contributed by atoms with Crippen LogP contribution in [-0.2, 0) is 6.42 Å². The largest absolute Gasteiger partial charge is 0.507 e. The minimum absolute atomic E-state index is 0.328. The molecule has 0 radical (unpaired) electrons. The first-order valence-corrected chi connectivity index (χ1v) is 3.66. The zero-order valence-electron chi connectivity index (χ0n) is 6.92. The van der Waals surface area contributed by atoms with Gasteiger partial charge in [0, 0.05) is 6.20 Å². The van der Waals surface area contributed by atoms with E-state index in [4.69, 9.17) is 5.26 Å². The molecule has 0 fully saturated rings. The molecule has 1 rings (SSSR count). The van der Waals surface area contributed by atoms with Crippen molar-refractivity contribution in [3.8, 4) is 11.8 Å². The minimum Gasteiger partial charge on any atom is -0.507 e. The average Bonchev–Trinajstić information content (AvgIpc) is 2.11. The Morgan fingerprint density at radius 3 is 2.79 bits per heavy atom. The van der Waals surface area contributed by atoms with Gasteiger partial charge in [0.25, 0.3) is 12.0 Å². The molecule has 0 saturated carbocycles. The Morgan fingerprint density at radius 2 is 2.29 bits per heavy atom. The molecule has 6 heteroatoms. The summed E-state index contributed by atoms with van der Waals surface area (Å²) >= 11 is 0. The predicted molar refractivity (Wildman–Crippen MR) is 43.0 cm³/mol. The van der Waals surface area contributed by atoms with Crippen LogP contribution in [0.1, 0.15) is 17.6 Å². The van der Waals surface area contributed by atoms with Crippen LogP contribution in [0.15, 0.2) is 11.0 Å². The number of hydrogen-bond donors (Lipinski definition) is 2. The summed E-state index contributed by atoms with van der Waals surface area (Å²) in [7, 11) is 0. The molecule has 0 spiro atoms. The Morgan fingerprint density at radius 1 is 1.64 bits per heavy atom. The van der Waals surface area contributed by atoms with E-state index in [0.29, 0.717) is 0 Å². The van der Waals surface area contributed by atoms with Crippen molar-refractivity contribution >= 4 is 0 Å². The summed E-state index contributed by atoms with van der Waals surface area (Å²) in [5.41, 5.74) is -1.73. The van der Waals surface area contributed by atoms with Gasteiger partial charge in [0.2, 0.25) is 0 Å². The highest BCUT2D eigenvalue weighted by atomic mass is 19.3. The maximum absolute atomic E-state index is 12.2. The summed E-state index contributed by atoms with van der Waals surface area (Å²) in [5, 5.41) is 17.5. The molecule has 14 heavy (non-hydrogen) atoms. The van der Waals surface area contributed by atoms with Crippen molar-refractivity contribution in [3.63, 3.8) is 0 Å². The monoisotopic (exact) mass is 200 g/mol. The van der Waals surface area contributed by atoms with Crippen molar-refractivity contribution in [1.82, 2.24) is 4.98 Å². The molecule has 0 aromatic carbocycles. The van der Waals surface area contributed by atoms with E-state index in [0.717, 1.165) is 6.20 Å². The third-order valence-electron chi connectivity index (χ3n) is 1.68. The van der Waals surface area contributed by atoms with E-state index in [1.807, 2.05) is 4.98 Å². The number of nitrogens with zero attached hydrogens (tertiary/aromatic N) is 1. The molecule has 2 N–H and O–H groups in total. The third-order valence-corrected chi connectivity index (χ3v) is 1.68. The lowest BCUT2D eigenvalue weighted by Gasteiger charge is -2.05. The molecule has 1 heterocycles. The first-order valence-electron chi connectivity index (χ1n) is 3.66. The lowest BCUT2D eigenvalue weighted by atomic mass is 10.1. The van der Waals surface area contributed by atoms with Crippen LogP contribution < -0.4 is 5.56 Å². The summed E-state index contributed by atoms with van der Waals surface area (Å²) in [6.45, 7) is 0. The van der Waals surface area contributed by atoms with Crippen LogP contribution in [-0.4, -0.2) is 10.1 Å². The molecule has 0 aliphatic carbocycles. The Hall–Kier alpha value is -1.90. The highest BCUT2D eigenvalue weighted by molar-refractivity contribution is 5.39. The van der Waals surface area contributed by atoms with Crippen LogP contribution in [0.25, 0.3) is 0 Å². The molecule has 0 aliphatic heterocycles. The van der Waals surface area contributed by atoms with E-state index in [9.17, 15) is 18.7 Å². The van der Waals surface area contributed by atoms with Crippen LogP contribution in [0.2, 0.25) is 0 Å². The van der Waals surface area contributed by atoms with Gasteiger partial charge in [-0.15, -0.1) is 0 Å². The molecule has 0 amide bonds. The second-order valence-electron chi connectivity index (χ2n) is 2.54. The zero-order valence-corrected chi connectivity index (χ0v) is 6.92. The van der Waals surface area contributed by atoms with Crippen molar-refractivity contribution in [2.24, 2.45) is 0 Å². The normalized spacial score (nSPS) is 10.1. The molecule has 0 unspecified atom stereocenters. The Kier molecular flexibility index (Phi) is 2.82. The highest BCUT2D eigenvalue weighted by Gasteiger charge is 2.17. The molecule has 1 aromatic heterocycles. The molecule has 0 saturated heterocycles. The summed E-state index contributed by atoms with van der Waals surface area (Å²) in [4.78, 5) is 13.0. The molecular weight excluding hydrogens is 194 g/mol. The first-order chi connectivity index (χ1) is 6.57. The highest BCUT2D eigenvalue weighted by Crippen LogP contribution is 2.28. The van der Waals surface area contributed by atoms with Gasteiger partial charge in [-0.25, -0.2) is 8.78 Å². The van der Waals surface area contributed by atoms with E-state index in [1.165, 1.54) is 0 Å². The number of H-pyrrole nitrogens is 1. The number of aromatic amines is 1. The van der Waals surface area contributed by atoms with Gasteiger partial charge < -0.3 is 10.1 Å². The lowest BCUT2D eigenvalue weighted by Crippen LogP contribution is -2.13. The summed E-state index contributed by atoms with van der Waals surface area (Å²) in [6.07, 6.45) is -2.55. The Balaban J connectivity index is 3.35. The summed E-state index contributed by atoms with van der Waals surface area (Å²) in [5.74, 6) is -0.801. The second-order valence-corrected chi connectivity index (χ2v) is 2.54. The molecule has 1 aromatic rings. The molecule has 0 atom stereocenters. The van der Waals surface area contributed by atoms with Crippen LogP contribution in [0.5, 0.6) is 5.75 Å². The number of alkyl halides is 2. The first kappa shape index (κ1) is 10.2. The van der Waals surface area contributed by atoms with Crippen LogP contribution in [0.3, 0.4) is 0 Å². The van der Waals surface area contributed by atoms with Gasteiger partial charge in [0.1, 0.15) is 5.75 Å². The van der Waals surface area contributed by atoms with Gasteiger partial charge >= 0.3 is 0 Å². The topological polar surface area (TPSA) is 76.9 Å². The van der Waals surface area contributed by atoms with Crippen molar-refractivity contribution in [2.75, 3.05) is 0 Å². The molecule has 0 bridgehead atoms. The van der Waals surface area contributed by atoms with Crippen molar-refractivity contribution in [1.29, 1.82) is 5.26 Å². The van der Waals surface area contributed by atoms with E-state index >= 15 is 0 Å². The fourth-order valence-corrected chi connectivity index (χ4v) is 0.990. The lowest BCUT2D eigenvalue weighted by molar-refractivity contribution is 0.146. The van der Waals surface area contributed by atoms with Gasteiger partial charge in [-0.05, 0) is 0 Å². The number of pyridine rings is 1. The maximum atomic E-state index is 12.2. The van der Waals surface area contributed by atoms with Crippen LogP contribution in [0.4, 0.5) is 8.78 Å². The molecule has 0 aliphatic rings. The number of hydrogen-bond acceptors (Lipinski definition) is 3. The number of halogens is 2. The Bertz CT molecular complexity index is 434. The molecular formula is C8H6F2N2O2. The number of aromatic hydroxyl groups is 1. The van der Waals surface area contributed by atoms with E-state index in [-0.39, 0.29) is 5.56 Å². The maximum Gasteiger partial charge on any atom is 0.268 e. The summed E-state index contributed by atoms with van der Waals surface area (Å²) in [6, 6.07) is 1.61. The fraction of sp³-hybridized carbons (Fsp3) is 0.250. The van der Waals surface area contributed by atoms with Gasteiger partial charge in [-0.1, -0.05) is 0 Å². The van der Waals surface area contributed by atoms with Crippen molar-refractivity contribution < 1.29 is 13.9 Å². The SMILES string of the molecule is N#CCc1c(O)c(C(F)F)c[nH]c1=O. The van der Waals surface area contributed by atoms with Crippen LogP contribution >= 0.6 is 0 Å². The van der Waals surface area contributed by atoms with Gasteiger partial charge in [0.05, 0.1) is 23.6 Å². The smallest absolute Gasteiger partial charge is 0.268 e. The van der Waals surface area contributed by atoms with Gasteiger partial charge in [0.15, 0.2) is 0 Å². The second kappa shape index (κ2) is 3.87. The van der Waals surface area contributed by atoms with Crippen LogP contribution in [0, 0.1) is 11.3 Å². The number of aromatic nitrogens is 1. The zero-order chi connectivity index (χ0) is 10.7. The quantitative estimate of drug-likeness (QED) is 0.749. The Labute approximate surface area is 77.4 Å². The number of rotatable bonds is 2. The number of nitriles is 1. The molecule has 74 valence electrons. The van der Waals surface area contributed by atoms with Crippen molar-refractivity contribution in [2.45, 2.75) is 12.8 Å². The van der Waals surface area contributed by atoms with E-state index < -0.39 is 29.7 Å². The van der Waals surface area contributed by atoms with Gasteiger partial charge in [-0.3, -0.25) is 4.79 Å². The van der Waals surface area contributed by atoms with E-state index in [1.54, 1.807) is 6.07 Å². The van der Waals surface area contributed by atoms with Crippen molar-refractivity contribution in [3.05, 3.63) is 27.7 Å². The third kappa shape index (κ3) is 1.71. The average molecular weight is 200 g/mol. The summed E-state index contributed by atoms with van der Waals surface area (Å²) < 4.78 is 24.4. The standard InChI is InChI=1S/C8H6F2N2O2/c9-7(10)5-3-12-8(14)4(1-2-11)6(5)13/h3,7H,1H2,(H2,12,13,14). The minimum atomic E-state index is -2.88. The van der Waals surface area contributed by atoms with E-state index in [2.05, 4.69) is 0 Å². The van der Waals surface area contributed by atoms with Gasteiger partial charge in [-0.2, -0.15) is 5.26 Å². The predicted octanol–water partition coefficient (Wildman–Crippen LogP) is 1.08.